The number of benzene rings is 2. The summed E-state index contributed by atoms with van der Waals surface area (Å²) in [7, 11) is 8.32. The fourth-order valence-electron chi connectivity index (χ4n) is 3.43. The van der Waals surface area contributed by atoms with Crippen LogP contribution in [0.2, 0.25) is 0 Å². The predicted octanol–water partition coefficient (Wildman–Crippen LogP) is 4.99. The Morgan fingerprint density at radius 3 is 2.00 bits per heavy atom. The second-order valence-corrected chi connectivity index (χ2v) is 10.1. The number of anilines is 1. The first-order valence-corrected chi connectivity index (χ1v) is 11.8. The molecule has 3 heteroatoms. The van der Waals surface area contributed by atoms with Crippen LogP contribution in [-0.2, 0) is 0 Å². The average molecular weight is 458 g/mol. The molecule has 30 heavy (non-hydrogen) atoms. The van der Waals surface area contributed by atoms with Crippen molar-refractivity contribution in [3.8, 4) is 0 Å². The Labute approximate surface area is 186 Å². The van der Waals surface area contributed by atoms with Gasteiger partial charge in [0, 0.05) is 0 Å². The van der Waals surface area contributed by atoms with Gasteiger partial charge in [-0.25, -0.2) is 0 Å². The van der Waals surface area contributed by atoms with Crippen molar-refractivity contribution < 1.29 is 4.58 Å². The van der Waals surface area contributed by atoms with E-state index in [4.69, 9.17) is 0 Å². The molecule has 0 aromatic heterocycles. The number of rotatable bonds is 3. The van der Waals surface area contributed by atoms with Gasteiger partial charge < -0.3 is 0 Å². The molecule has 150 valence electrons. The Kier molecular flexibility index (Phi) is 6.03. The molecule has 0 radical (unpaired) electrons. The van der Waals surface area contributed by atoms with E-state index >= 15 is 0 Å². The third-order valence-corrected chi connectivity index (χ3v) is 7.64. The number of hydrogen-bond acceptors (Lipinski definition) is 1. The third-order valence-electron chi connectivity index (χ3n) is 5.24. The zero-order valence-electron chi connectivity index (χ0n) is 18.0. The monoisotopic (exact) mass is 459 g/mol. The Bertz CT molecular complexity index is 1100. The van der Waals surface area contributed by atoms with Crippen molar-refractivity contribution in [2.75, 3.05) is 33.1 Å². The first-order chi connectivity index (χ1) is 14.5. The van der Waals surface area contributed by atoms with Gasteiger partial charge in [-0.2, -0.15) is 0 Å². The molecule has 1 aliphatic carbocycles. The Morgan fingerprint density at radius 2 is 1.40 bits per heavy atom. The molecule has 4 rings (SSSR count). The SMILES string of the molecule is CN(C)c1ccc(C2=CC(=C3C=CC(=[N+](C)C)C=C3)[Se]C(c3ccccc3)=C2)cc1. The summed E-state index contributed by atoms with van der Waals surface area (Å²) in [5.74, 6) is 0. The van der Waals surface area contributed by atoms with Gasteiger partial charge in [0.2, 0.25) is 0 Å². The molecule has 1 heterocycles. The molecule has 0 amide bonds. The summed E-state index contributed by atoms with van der Waals surface area (Å²) in [5.41, 5.74) is 7.60. The molecule has 0 saturated heterocycles. The number of allylic oxidation sites excluding steroid dienone is 9. The summed E-state index contributed by atoms with van der Waals surface area (Å²) in [6, 6.07) is 19.6. The van der Waals surface area contributed by atoms with Gasteiger partial charge in [-0.15, -0.1) is 0 Å². The van der Waals surface area contributed by atoms with E-state index in [2.05, 4.69) is 129 Å². The van der Waals surface area contributed by atoms with E-state index in [9.17, 15) is 0 Å². The van der Waals surface area contributed by atoms with Gasteiger partial charge in [0.15, 0.2) is 0 Å². The first kappa shape index (κ1) is 20.4. The molecule has 0 atom stereocenters. The van der Waals surface area contributed by atoms with Crippen LogP contribution in [0.4, 0.5) is 5.69 Å². The van der Waals surface area contributed by atoms with Crippen LogP contribution in [0.15, 0.2) is 101 Å². The zero-order valence-corrected chi connectivity index (χ0v) is 19.7. The van der Waals surface area contributed by atoms with Crippen LogP contribution in [-0.4, -0.2) is 53.4 Å². The fourth-order valence-corrected chi connectivity index (χ4v) is 5.77. The van der Waals surface area contributed by atoms with Crippen LogP contribution in [0.3, 0.4) is 0 Å². The van der Waals surface area contributed by atoms with Crippen LogP contribution in [0, 0.1) is 0 Å². The molecule has 2 aliphatic rings. The van der Waals surface area contributed by atoms with Gasteiger partial charge in [-0.3, -0.25) is 0 Å². The fraction of sp³-hybridized carbons (Fsp3) is 0.148. The standard InChI is InChI=1S/C27H27N2Se/c1-28(2)24-14-10-20(11-15-24)23-18-26(21-8-6-5-7-9-21)30-27(19-23)22-12-16-25(17-13-22)29(3)4/h5-19H,1-4H3/q+1. The molecule has 2 aromatic rings. The molecule has 1 aliphatic heterocycles. The van der Waals surface area contributed by atoms with Crippen molar-refractivity contribution >= 4 is 36.4 Å². The summed E-state index contributed by atoms with van der Waals surface area (Å²) in [5, 5.41) is 0. The quantitative estimate of drug-likeness (QED) is 0.464. The summed E-state index contributed by atoms with van der Waals surface area (Å²) in [6.07, 6.45) is 13.7. The van der Waals surface area contributed by atoms with E-state index in [1.165, 1.54) is 42.6 Å². The van der Waals surface area contributed by atoms with Crippen LogP contribution < -0.4 is 4.90 Å². The molecule has 0 N–H and O–H groups in total. The Hall–Kier alpha value is -2.87. The van der Waals surface area contributed by atoms with Crippen molar-refractivity contribution in [2.45, 2.75) is 0 Å². The van der Waals surface area contributed by atoms with Crippen LogP contribution in [0.1, 0.15) is 11.1 Å². The predicted molar refractivity (Wildman–Crippen MR) is 131 cm³/mol. The first-order valence-electron chi connectivity index (χ1n) is 10.1. The van der Waals surface area contributed by atoms with E-state index < -0.39 is 0 Å². The normalized spacial score (nSPS) is 15.8. The summed E-state index contributed by atoms with van der Waals surface area (Å²) in [4.78, 5) is 2.14. The molecular formula is C27H27N2Se+. The molecule has 0 bridgehead atoms. The average Bonchev–Trinajstić information content (AvgIpc) is 2.79. The molecule has 2 aromatic carbocycles. The third kappa shape index (κ3) is 4.48. The van der Waals surface area contributed by atoms with E-state index in [0.717, 1.165) is 0 Å². The van der Waals surface area contributed by atoms with E-state index in [-0.39, 0.29) is 15.0 Å². The van der Waals surface area contributed by atoms with Crippen molar-refractivity contribution in [3.63, 3.8) is 0 Å². The zero-order chi connectivity index (χ0) is 21.1. The van der Waals surface area contributed by atoms with Crippen LogP contribution >= 0.6 is 0 Å². The van der Waals surface area contributed by atoms with Crippen LogP contribution in [0.25, 0.3) is 10.0 Å². The molecule has 0 saturated carbocycles. The second-order valence-electron chi connectivity index (χ2n) is 7.82. The Balaban J connectivity index is 1.78. The summed E-state index contributed by atoms with van der Waals surface area (Å²) < 4.78 is 4.98. The summed E-state index contributed by atoms with van der Waals surface area (Å²) >= 11 is 0.258. The van der Waals surface area contributed by atoms with Gasteiger partial charge in [0.1, 0.15) is 0 Å². The molecular weight excluding hydrogens is 431 g/mol. The minimum atomic E-state index is 0.258. The van der Waals surface area contributed by atoms with Crippen molar-refractivity contribution in [3.05, 3.63) is 112 Å². The maximum atomic E-state index is 2.38. The van der Waals surface area contributed by atoms with Crippen molar-refractivity contribution in [1.29, 1.82) is 0 Å². The van der Waals surface area contributed by atoms with Crippen LogP contribution in [0.5, 0.6) is 0 Å². The number of nitrogens with zero attached hydrogens (tertiary/aromatic N) is 2. The van der Waals surface area contributed by atoms with E-state index in [1.54, 1.807) is 0 Å². The Morgan fingerprint density at radius 1 is 0.733 bits per heavy atom. The minimum absolute atomic E-state index is 0.258. The summed E-state index contributed by atoms with van der Waals surface area (Å²) in [6.45, 7) is 0. The van der Waals surface area contributed by atoms with Gasteiger partial charge >= 0.3 is 186 Å². The van der Waals surface area contributed by atoms with Gasteiger partial charge in [-0.1, -0.05) is 0 Å². The second kappa shape index (κ2) is 8.87. The van der Waals surface area contributed by atoms with Gasteiger partial charge in [0.05, 0.1) is 0 Å². The molecule has 0 spiro atoms. The van der Waals surface area contributed by atoms with Gasteiger partial charge in [-0.05, 0) is 0 Å². The van der Waals surface area contributed by atoms with E-state index in [0.29, 0.717) is 0 Å². The van der Waals surface area contributed by atoms with Crippen molar-refractivity contribution in [1.82, 2.24) is 0 Å². The molecule has 0 unspecified atom stereocenters. The topological polar surface area (TPSA) is 6.25 Å². The maximum absolute atomic E-state index is 2.38. The van der Waals surface area contributed by atoms with E-state index in [1.807, 2.05) is 0 Å². The van der Waals surface area contributed by atoms with Gasteiger partial charge in [0.25, 0.3) is 0 Å². The van der Waals surface area contributed by atoms with Crippen molar-refractivity contribution in [2.24, 2.45) is 0 Å². The number of hydrogen-bond donors (Lipinski definition) is 0. The molecule has 2 nitrogen and oxygen atoms in total. The molecule has 0 fully saturated rings.